The molecule has 0 saturated heterocycles. The van der Waals surface area contributed by atoms with Crippen LogP contribution in [0.1, 0.15) is 116 Å². The van der Waals surface area contributed by atoms with E-state index in [4.69, 9.17) is 4.74 Å². The maximum atomic E-state index is 5.72. The molecular formula is C21H43O. The van der Waals surface area contributed by atoms with Crippen LogP contribution in [0.25, 0.3) is 0 Å². The van der Waals surface area contributed by atoms with E-state index in [9.17, 15) is 0 Å². The van der Waals surface area contributed by atoms with E-state index in [0.29, 0.717) is 0 Å². The van der Waals surface area contributed by atoms with Crippen molar-refractivity contribution in [3.8, 4) is 0 Å². The zero-order chi connectivity index (χ0) is 16.1. The van der Waals surface area contributed by atoms with Crippen molar-refractivity contribution in [2.75, 3.05) is 13.2 Å². The van der Waals surface area contributed by atoms with Crippen LogP contribution < -0.4 is 0 Å². The summed E-state index contributed by atoms with van der Waals surface area (Å²) in [5.41, 5.74) is 0. The molecule has 0 spiro atoms. The first-order chi connectivity index (χ1) is 10.9. The number of hydrogen-bond donors (Lipinski definition) is 0. The van der Waals surface area contributed by atoms with Crippen LogP contribution in [0.5, 0.6) is 0 Å². The highest BCUT2D eigenvalue weighted by Crippen LogP contribution is 2.11. The third kappa shape index (κ3) is 20.0. The molecule has 0 aliphatic rings. The monoisotopic (exact) mass is 311 g/mol. The molecule has 0 fully saturated rings. The van der Waals surface area contributed by atoms with Gasteiger partial charge in [-0.2, -0.15) is 0 Å². The summed E-state index contributed by atoms with van der Waals surface area (Å²) in [5, 5.41) is 0. The zero-order valence-electron chi connectivity index (χ0n) is 15.6. The summed E-state index contributed by atoms with van der Waals surface area (Å²) in [5.74, 6) is 0. The second-order valence-electron chi connectivity index (χ2n) is 6.77. The highest BCUT2D eigenvalue weighted by molar-refractivity contribution is 4.49. The predicted octanol–water partition coefficient (Wildman–Crippen LogP) is 7.49. The second kappa shape index (κ2) is 21.0. The average Bonchev–Trinajstić information content (AvgIpc) is 2.54. The molecule has 0 aliphatic heterocycles. The normalized spacial score (nSPS) is 11.2. The lowest BCUT2D eigenvalue weighted by atomic mass is 10.1. The van der Waals surface area contributed by atoms with Crippen LogP contribution >= 0.6 is 0 Å². The summed E-state index contributed by atoms with van der Waals surface area (Å²) in [4.78, 5) is 0. The third-order valence-electron chi connectivity index (χ3n) is 4.43. The maximum absolute atomic E-state index is 5.72. The maximum Gasteiger partial charge on any atom is 0.0466 e. The van der Waals surface area contributed by atoms with E-state index in [1.165, 1.54) is 103 Å². The minimum absolute atomic E-state index is 0.979. The molecule has 0 heterocycles. The smallest absolute Gasteiger partial charge is 0.0466 e. The van der Waals surface area contributed by atoms with Crippen molar-refractivity contribution in [3.05, 3.63) is 6.92 Å². The zero-order valence-corrected chi connectivity index (χ0v) is 15.6. The van der Waals surface area contributed by atoms with Gasteiger partial charge in [0.25, 0.3) is 0 Å². The standard InChI is InChI=1S/C21H43O/c1-3-5-7-9-11-12-13-15-17-19-21-22-20-18-16-14-10-8-6-4-2/h2-21H2,1H3. The molecule has 0 unspecified atom stereocenters. The topological polar surface area (TPSA) is 9.23 Å². The lowest BCUT2D eigenvalue weighted by molar-refractivity contribution is 0.125. The average molecular weight is 312 g/mol. The molecule has 1 radical (unpaired) electrons. The molecule has 0 amide bonds. The van der Waals surface area contributed by atoms with Gasteiger partial charge in [0.2, 0.25) is 0 Å². The van der Waals surface area contributed by atoms with E-state index in [1.807, 2.05) is 0 Å². The molecule has 0 aromatic heterocycles. The fourth-order valence-electron chi connectivity index (χ4n) is 2.88. The van der Waals surface area contributed by atoms with Gasteiger partial charge in [0.05, 0.1) is 0 Å². The Hall–Kier alpha value is -0.0400. The van der Waals surface area contributed by atoms with Crippen LogP contribution in [0.4, 0.5) is 0 Å². The van der Waals surface area contributed by atoms with Gasteiger partial charge in [-0.1, -0.05) is 110 Å². The van der Waals surface area contributed by atoms with Crippen molar-refractivity contribution >= 4 is 0 Å². The Morgan fingerprint density at radius 1 is 0.500 bits per heavy atom. The Bertz CT molecular complexity index is 159. The molecule has 0 aromatic carbocycles. The van der Waals surface area contributed by atoms with Gasteiger partial charge in [-0.05, 0) is 12.8 Å². The molecule has 133 valence electrons. The summed E-state index contributed by atoms with van der Waals surface area (Å²) in [6.45, 7) is 8.13. The van der Waals surface area contributed by atoms with Crippen molar-refractivity contribution in [2.45, 2.75) is 116 Å². The van der Waals surface area contributed by atoms with Crippen LogP contribution in [0, 0.1) is 6.92 Å². The fourth-order valence-corrected chi connectivity index (χ4v) is 2.88. The molecule has 22 heavy (non-hydrogen) atoms. The van der Waals surface area contributed by atoms with Crippen molar-refractivity contribution < 1.29 is 4.74 Å². The first-order valence-electron chi connectivity index (χ1n) is 10.3. The predicted molar refractivity (Wildman–Crippen MR) is 100 cm³/mol. The Morgan fingerprint density at radius 3 is 1.27 bits per heavy atom. The summed E-state index contributed by atoms with van der Waals surface area (Å²) in [6, 6.07) is 0. The minimum Gasteiger partial charge on any atom is -0.381 e. The molecule has 0 aromatic rings. The van der Waals surface area contributed by atoms with Gasteiger partial charge in [0, 0.05) is 13.2 Å². The van der Waals surface area contributed by atoms with Crippen molar-refractivity contribution in [1.82, 2.24) is 0 Å². The van der Waals surface area contributed by atoms with E-state index >= 15 is 0 Å². The largest absolute Gasteiger partial charge is 0.381 e. The van der Waals surface area contributed by atoms with E-state index in [2.05, 4.69) is 13.8 Å². The van der Waals surface area contributed by atoms with Crippen LogP contribution in [-0.2, 0) is 4.74 Å². The highest BCUT2D eigenvalue weighted by atomic mass is 16.5. The van der Waals surface area contributed by atoms with Crippen LogP contribution in [-0.4, -0.2) is 13.2 Å². The van der Waals surface area contributed by atoms with Gasteiger partial charge in [0.1, 0.15) is 0 Å². The van der Waals surface area contributed by atoms with E-state index in [-0.39, 0.29) is 0 Å². The molecule has 1 heteroatoms. The summed E-state index contributed by atoms with van der Waals surface area (Å²) in [6.07, 6.45) is 23.1. The number of hydrogen-bond acceptors (Lipinski definition) is 1. The Balaban J connectivity index is 2.91. The summed E-state index contributed by atoms with van der Waals surface area (Å²) < 4.78 is 5.72. The van der Waals surface area contributed by atoms with Gasteiger partial charge < -0.3 is 4.74 Å². The van der Waals surface area contributed by atoms with Gasteiger partial charge in [-0.3, -0.25) is 0 Å². The first kappa shape index (κ1) is 22.0. The number of unbranched alkanes of at least 4 members (excludes halogenated alkanes) is 15. The van der Waals surface area contributed by atoms with Crippen molar-refractivity contribution in [1.29, 1.82) is 0 Å². The SMILES string of the molecule is [CH2]CCCCCCCCOCCCCCCCCCCCC. The lowest BCUT2D eigenvalue weighted by Crippen LogP contribution is -1.97. The van der Waals surface area contributed by atoms with Gasteiger partial charge in [-0.25, -0.2) is 0 Å². The third-order valence-corrected chi connectivity index (χ3v) is 4.43. The Morgan fingerprint density at radius 2 is 0.864 bits per heavy atom. The Kier molecular flexibility index (Phi) is 20.9. The lowest BCUT2D eigenvalue weighted by Gasteiger charge is -2.05. The molecule has 0 saturated carbocycles. The summed E-state index contributed by atoms with van der Waals surface area (Å²) >= 11 is 0. The fraction of sp³-hybridized carbons (Fsp3) is 0.952. The highest BCUT2D eigenvalue weighted by Gasteiger charge is 1.94. The van der Waals surface area contributed by atoms with Crippen LogP contribution in [0.2, 0.25) is 0 Å². The summed E-state index contributed by atoms with van der Waals surface area (Å²) in [7, 11) is 0. The molecule has 1 nitrogen and oxygen atoms in total. The minimum atomic E-state index is 0.979. The van der Waals surface area contributed by atoms with Crippen molar-refractivity contribution in [2.24, 2.45) is 0 Å². The van der Waals surface area contributed by atoms with Crippen LogP contribution in [0.3, 0.4) is 0 Å². The molecular weight excluding hydrogens is 268 g/mol. The first-order valence-corrected chi connectivity index (χ1v) is 10.3. The molecule has 0 N–H and O–H groups in total. The van der Waals surface area contributed by atoms with E-state index in [0.717, 1.165) is 19.6 Å². The molecule has 0 rings (SSSR count). The number of ether oxygens (including phenoxy) is 1. The molecule has 0 aliphatic carbocycles. The van der Waals surface area contributed by atoms with Gasteiger partial charge in [-0.15, -0.1) is 0 Å². The van der Waals surface area contributed by atoms with E-state index < -0.39 is 0 Å². The Labute approximate surface area is 141 Å². The van der Waals surface area contributed by atoms with Crippen molar-refractivity contribution in [3.63, 3.8) is 0 Å². The number of rotatable bonds is 19. The molecule has 0 bridgehead atoms. The second-order valence-corrected chi connectivity index (χ2v) is 6.77. The van der Waals surface area contributed by atoms with Gasteiger partial charge in [0.15, 0.2) is 0 Å². The quantitative estimate of drug-likeness (QED) is 0.224. The van der Waals surface area contributed by atoms with E-state index in [1.54, 1.807) is 0 Å². The molecule has 0 atom stereocenters. The van der Waals surface area contributed by atoms with Gasteiger partial charge >= 0.3 is 0 Å². The van der Waals surface area contributed by atoms with Crippen LogP contribution in [0.15, 0.2) is 0 Å².